The molecule has 1 saturated heterocycles. The molecular formula is C24H36ClNO5S. The number of nitrogens with one attached hydrogen (secondary N) is 1. The minimum absolute atomic E-state index is 0.0425. The van der Waals surface area contributed by atoms with Crippen LogP contribution in [-0.2, 0) is 24.9 Å². The van der Waals surface area contributed by atoms with Crippen LogP contribution in [0.2, 0.25) is 5.02 Å². The van der Waals surface area contributed by atoms with E-state index >= 15 is 0 Å². The van der Waals surface area contributed by atoms with E-state index in [4.69, 9.17) is 25.3 Å². The number of ether oxygens (including phenoxy) is 2. The van der Waals surface area contributed by atoms with E-state index in [2.05, 4.69) is 18.6 Å². The lowest BCUT2D eigenvalue weighted by atomic mass is 9.44. The lowest BCUT2D eigenvalue weighted by Gasteiger charge is -2.62. The number of hydrogen-bond acceptors (Lipinski definition) is 5. The van der Waals surface area contributed by atoms with Crippen molar-refractivity contribution in [3.63, 3.8) is 0 Å². The van der Waals surface area contributed by atoms with Crippen molar-refractivity contribution in [3.8, 4) is 0 Å². The molecular weight excluding hydrogens is 450 g/mol. The molecule has 32 heavy (non-hydrogen) atoms. The molecule has 0 radical (unpaired) electrons. The number of rotatable bonds is 10. The first-order chi connectivity index (χ1) is 15.3. The summed E-state index contributed by atoms with van der Waals surface area (Å²) in [6.07, 6.45) is 5.46. The van der Waals surface area contributed by atoms with Gasteiger partial charge in [0.05, 0.1) is 13.2 Å². The van der Waals surface area contributed by atoms with Crippen molar-refractivity contribution in [3.05, 3.63) is 34.9 Å². The zero-order valence-electron chi connectivity index (χ0n) is 19.0. The van der Waals surface area contributed by atoms with Crippen LogP contribution in [0.3, 0.4) is 0 Å². The zero-order valence-corrected chi connectivity index (χ0v) is 20.6. The maximum Gasteiger partial charge on any atom is 0.234 e. The average Bonchev–Trinajstić information content (AvgIpc) is 2.79. The molecule has 6 nitrogen and oxygen atoms in total. The second-order valence-electron chi connectivity index (χ2n) is 10.0. The molecule has 4 unspecified atom stereocenters. The number of aliphatic hydroxyl groups excluding tert-OH is 1. The first-order valence-electron chi connectivity index (χ1n) is 11.8. The molecule has 1 aromatic carbocycles. The van der Waals surface area contributed by atoms with Gasteiger partial charge in [-0.05, 0) is 79.4 Å². The summed E-state index contributed by atoms with van der Waals surface area (Å²) in [7, 11) is 0. The minimum Gasteiger partial charge on any atom is -0.386 e. The smallest absolute Gasteiger partial charge is 0.234 e. The second-order valence-corrected chi connectivity index (χ2v) is 11.4. The van der Waals surface area contributed by atoms with E-state index in [9.17, 15) is 9.32 Å². The Morgan fingerprint density at radius 3 is 2.75 bits per heavy atom. The number of benzene rings is 1. The van der Waals surface area contributed by atoms with Crippen LogP contribution in [0.4, 0.5) is 0 Å². The van der Waals surface area contributed by atoms with Crippen LogP contribution in [0, 0.1) is 23.2 Å². The fourth-order valence-electron chi connectivity index (χ4n) is 5.73. The Bertz CT molecular complexity index is 770. The van der Waals surface area contributed by atoms with Gasteiger partial charge in [-0.2, -0.15) is 0 Å². The number of fused-ring (bicyclic) bond motifs is 2. The third-order valence-electron chi connectivity index (χ3n) is 7.85. The molecule has 2 bridgehead atoms. The Morgan fingerprint density at radius 1 is 1.28 bits per heavy atom. The van der Waals surface area contributed by atoms with Gasteiger partial charge in [-0.25, -0.2) is 8.93 Å². The van der Waals surface area contributed by atoms with Gasteiger partial charge in [0.1, 0.15) is 6.10 Å². The van der Waals surface area contributed by atoms with Gasteiger partial charge in [-0.3, -0.25) is 4.18 Å². The summed E-state index contributed by atoms with van der Waals surface area (Å²) in [6, 6.07) is 7.05. The van der Waals surface area contributed by atoms with Crippen LogP contribution in [0.1, 0.15) is 64.0 Å². The summed E-state index contributed by atoms with van der Waals surface area (Å²) in [6.45, 7) is 6.12. The minimum atomic E-state index is -1.67. The molecule has 0 aromatic heterocycles. The number of aliphatic hydroxyl groups is 1. The van der Waals surface area contributed by atoms with Gasteiger partial charge in [0.2, 0.25) is 11.3 Å². The highest BCUT2D eigenvalue weighted by Crippen LogP contribution is 2.62. The van der Waals surface area contributed by atoms with Crippen LogP contribution >= 0.6 is 11.6 Å². The van der Waals surface area contributed by atoms with Crippen molar-refractivity contribution in [1.29, 1.82) is 0 Å². The molecule has 7 atom stereocenters. The van der Waals surface area contributed by atoms with Gasteiger partial charge < -0.3 is 14.6 Å². The molecule has 3 aliphatic carbocycles. The van der Waals surface area contributed by atoms with E-state index in [0.29, 0.717) is 40.4 Å². The maximum atomic E-state index is 12.6. The topological polar surface area (TPSA) is 77.0 Å². The van der Waals surface area contributed by atoms with E-state index in [1.54, 1.807) is 24.3 Å². The standard InChI is InChI=1S/C24H36ClNO5S/c1-24(2)17-13-20(24)19(10-12-30-23-5-3-4-11-29-23)21(14-17)26-32(28)31-15-22(27)16-6-8-18(25)9-7-16/h6-9,17,19-23,26-27H,3-5,10-15H2,1-2H3/t17-,19+,20+,21?,22?,23?,32?/m1/s1. The average molecular weight is 486 g/mol. The summed E-state index contributed by atoms with van der Waals surface area (Å²) in [5, 5.41) is 10.9. The predicted octanol–water partition coefficient (Wildman–Crippen LogP) is 4.54. The third kappa shape index (κ3) is 5.74. The van der Waals surface area contributed by atoms with Gasteiger partial charge in [0.15, 0.2) is 6.29 Å². The summed E-state index contributed by atoms with van der Waals surface area (Å²) in [4.78, 5) is 0. The fraction of sp³-hybridized carbons (Fsp3) is 0.750. The van der Waals surface area contributed by atoms with Crippen LogP contribution in [0.15, 0.2) is 24.3 Å². The summed E-state index contributed by atoms with van der Waals surface area (Å²) in [5.41, 5.74) is 1.00. The Labute approximate surface area is 199 Å². The highest BCUT2D eigenvalue weighted by molar-refractivity contribution is 7.78. The third-order valence-corrected chi connectivity index (χ3v) is 8.94. The van der Waals surface area contributed by atoms with E-state index in [-0.39, 0.29) is 18.9 Å². The Morgan fingerprint density at radius 2 is 2.06 bits per heavy atom. The van der Waals surface area contributed by atoms with Gasteiger partial charge in [-0.15, -0.1) is 0 Å². The molecule has 1 aromatic rings. The highest BCUT2D eigenvalue weighted by atomic mass is 35.5. The van der Waals surface area contributed by atoms with E-state index in [0.717, 1.165) is 38.7 Å². The lowest BCUT2D eigenvalue weighted by Crippen LogP contribution is -2.61. The molecule has 2 N–H and O–H groups in total. The summed E-state index contributed by atoms with van der Waals surface area (Å²) in [5.74, 6) is 1.61. The van der Waals surface area contributed by atoms with Crippen LogP contribution in [0.5, 0.6) is 0 Å². The van der Waals surface area contributed by atoms with Crippen molar-refractivity contribution in [2.24, 2.45) is 23.2 Å². The molecule has 8 heteroatoms. The first kappa shape index (κ1) is 24.6. The highest BCUT2D eigenvalue weighted by Gasteiger charge is 2.57. The molecule has 1 heterocycles. The van der Waals surface area contributed by atoms with Crippen molar-refractivity contribution in [2.45, 2.75) is 70.8 Å². The molecule has 4 aliphatic rings. The van der Waals surface area contributed by atoms with Gasteiger partial charge in [0, 0.05) is 17.7 Å². The SMILES string of the molecule is CC1(C)[C@H]2CC(NS(=O)OCC(O)c3ccc(Cl)cc3)[C@@H](CCOC3CCCCO3)[C@@H]1C2. The van der Waals surface area contributed by atoms with Gasteiger partial charge >= 0.3 is 0 Å². The number of halogens is 1. The Kier molecular flexibility index (Phi) is 8.30. The van der Waals surface area contributed by atoms with Crippen LogP contribution in [-0.4, -0.2) is 41.5 Å². The van der Waals surface area contributed by atoms with Crippen molar-refractivity contribution in [2.75, 3.05) is 19.8 Å². The second kappa shape index (κ2) is 10.8. The predicted molar refractivity (Wildman–Crippen MR) is 125 cm³/mol. The monoisotopic (exact) mass is 485 g/mol. The molecule has 3 saturated carbocycles. The normalized spacial score (nSPS) is 33.3. The zero-order chi connectivity index (χ0) is 22.7. The van der Waals surface area contributed by atoms with E-state index in [1.165, 1.54) is 6.42 Å². The Hall–Kier alpha value is -0.540. The lowest BCUT2D eigenvalue weighted by molar-refractivity contribution is -0.173. The largest absolute Gasteiger partial charge is 0.386 e. The van der Waals surface area contributed by atoms with Gasteiger partial charge in [0.25, 0.3) is 0 Å². The molecule has 4 fully saturated rings. The van der Waals surface area contributed by atoms with Crippen molar-refractivity contribution < 1.29 is 23.0 Å². The fourth-order valence-corrected chi connectivity index (χ4v) is 6.69. The first-order valence-corrected chi connectivity index (χ1v) is 13.3. The van der Waals surface area contributed by atoms with Crippen molar-refractivity contribution >= 4 is 22.9 Å². The summed E-state index contributed by atoms with van der Waals surface area (Å²) < 4.78 is 33.0. The molecule has 180 valence electrons. The van der Waals surface area contributed by atoms with Crippen LogP contribution < -0.4 is 4.72 Å². The Balaban J connectivity index is 1.28. The summed E-state index contributed by atoms with van der Waals surface area (Å²) >= 11 is 4.23. The van der Waals surface area contributed by atoms with E-state index in [1.807, 2.05) is 0 Å². The van der Waals surface area contributed by atoms with E-state index < -0.39 is 17.4 Å². The van der Waals surface area contributed by atoms with Crippen LogP contribution in [0.25, 0.3) is 0 Å². The van der Waals surface area contributed by atoms with Crippen molar-refractivity contribution in [1.82, 2.24) is 4.72 Å². The molecule has 0 amide bonds. The number of hydrogen-bond donors (Lipinski definition) is 2. The quantitative estimate of drug-likeness (QED) is 0.508. The maximum absolute atomic E-state index is 12.6. The van der Waals surface area contributed by atoms with Gasteiger partial charge in [-0.1, -0.05) is 37.6 Å². The molecule has 1 aliphatic heterocycles. The molecule has 5 rings (SSSR count). The molecule has 0 spiro atoms.